The van der Waals surface area contributed by atoms with Gasteiger partial charge in [0.1, 0.15) is 11.5 Å². The zero-order valence-corrected chi connectivity index (χ0v) is 16.3. The summed E-state index contributed by atoms with van der Waals surface area (Å²) >= 11 is 0. The number of H-pyrrole nitrogens is 1. The minimum atomic E-state index is 0.0968. The van der Waals surface area contributed by atoms with Crippen LogP contribution in [-0.2, 0) is 0 Å². The molecule has 1 saturated heterocycles. The maximum Gasteiger partial charge on any atom is 0.270 e. The van der Waals surface area contributed by atoms with Crippen LogP contribution in [0.3, 0.4) is 0 Å². The number of carbonyl (C=O) groups is 1. The Kier molecular flexibility index (Phi) is 3.97. The molecule has 1 fully saturated rings. The zero-order valence-electron chi connectivity index (χ0n) is 16.3. The number of aromatic nitrogens is 3. The second-order valence-corrected chi connectivity index (χ2v) is 7.81. The molecule has 5 heteroatoms. The first-order valence-corrected chi connectivity index (χ1v) is 9.92. The number of hydrogen-bond acceptors (Lipinski definition) is 2. The van der Waals surface area contributed by atoms with Crippen molar-refractivity contribution in [2.45, 2.75) is 32.7 Å². The van der Waals surface area contributed by atoms with Crippen LogP contribution in [-0.4, -0.2) is 38.4 Å². The van der Waals surface area contributed by atoms with Crippen molar-refractivity contribution in [1.29, 1.82) is 0 Å². The SMILES string of the molecule is Cc1ccc2cc(C(=O)N3CCC(n4c(C)nc5ccccc54)CC3)[nH]c2c1. The molecule has 4 aromatic rings. The number of aryl methyl sites for hydroxylation is 2. The van der Waals surface area contributed by atoms with E-state index in [1.165, 1.54) is 11.1 Å². The van der Waals surface area contributed by atoms with Gasteiger partial charge < -0.3 is 14.5 Å². The zero-order chi connectivity index (χ0) is 19.3. The van der Waals surface area contributed by atoms with Gasteiger partial charge >= 0.3 is 0 Å². The average Bonchev–Trinajstić information content (AvgIpc) is 3.27. The molecular formula is C23H24N4O. The molecule has 0 spiro atoms. The van der Waals surface area contributed by atoms with E-state index in [9.17, 15) is 4.79 Å². The first-order chi connectivity index (χ1) is 13.6. The molecule has 28 heavy (non-hydrogen) atoms. The van der Waals surface area contributed by atoms with E-state index in [0.29, 0.717) is 11.7 Å². The van der Waals surface area contributed by atoms with Crippen LogP contribution in [0.2, 0.25) is 0 Å². The highest BCUT2D eigenvalue weighted by Gasteiger charge is 2.27. The van der Waals surface area contributed by atoms with Crippen LogP contribution in [0.4, 0.5) is 0 Å². The van der Waals surface area contributed by atoms with Gasteiger partial charge in [0, 0.05) is 30.0 Å². The lowest BCUT2D eigenvalue weighted by Gasteiger charge is -2.33. The van der Waals surface area contributed by atoms with Gasteiger partial charge in [0.05, 0.1) is 11.0 Å². The number of imidazole rings is 1. The monoisotopic (exact) mass is 372 g/mol. The summed E-state index contributed by atoms with van der Waals surface area (Å²) in [4.78, 5) is 23.0. The fraction of sp³-hybridized carbons (Fsp3) is 0.304. The Hall–Kier alpha value is -3.08. The topological polar surface area (TPSA) is 53.9 Å². The molecule has 5 nitrogen and oxygen atoms in total. The summed E-state index contributed by atoms with van der Waals surface area (Å²) in [5.74, 6) is 1.15. The Morgan fingerprint density at radius 2 is 1.86 bits per heavy atom. The van der Waals surface area contributed by atoms with Gasteiger partial charge in [0.2, 0.25) is 0 Å². The van der Waals surface area contributed by atoms with Crippen molar-refractivity contribution in [2.24, 2.45) is 0 Å². The summed E-state index contributed by atoms with van der Waals surface area (Å²) in [6.45, 7) is 5.67. The fourth-order valence-electron chi connectivity index (χ4n) is 4.48. The Bertz CT molecular complexity index is 1180. The lowest BCUT2D eigenvalue weighted by molar-refractivity contribution is 0.0690. The predicted octanol–water partition coefficient (Wildman–Crippen LogP) is 4.61. The van der Waals surface area contributed by atoms with Crippen molar-refractivity contribution in [2.75, 3.05) is 13.1 Å². The van der Waals surface area contributed by atoms with Crippen molar-refractivity contribution in [3.63, 3.8) is 0 Å². The van der Waals surface area contributed by atoms with E-state index in [-0.39, 0.29) is 5.91 Å². The largest absolute Gasteiger partial charge is 0.351 e. The lowest BCUT2D eigenvalue weighted by atomic mass is 10.0. The van der Waals surface area contributed by atoms with Gasteiger partial charge in [-0.25, -0.2) is 4.98 Å². The molecule has 0 aliphatic carbocycles. The number of nitrogens with one attached hydrogen (secondary N) is 1. The van der Waals surface area contributed by atoms with Gasteiger partial charge in [-0.05, 0) is 56.5 Å². The van der Waals surface area contributed by atoms with E-state index in [1.54, 1.807) is 0 Å². The molecule has 0 bridgehead atoms. The maximum atomic E-state index is 13.0. The maximum absolute atomic E-state index is 13.0. The highest BCUT2D eigenvalue weighted by molar-refractivity contribution is 5.98. The van der Waals surface area contributed by atoms with Crippen molar-refractivity contribution in [1.82, 2.24) is 19.4 Å². The van der Waals surface area contributed by atoms with Crippen LogP contribution >= 0.6 is 0 Å². The Morgan fingerprint density at radius 3 is 2.68 bits per heavy atom. The number of benzene rings is 2. The third kappa shape index (κ3) is 2.78. The molecule has 0 saturated carbocycles. The summed E-state index contributed by atoms with van der Waals surface area (Å²) in [6.07, 6.45) is 1.90. The normalized spacial score (nSPS) is 15.6. The highest BCUT2D eigenvalue weighted by atomic mass is 16.2. The van der Waals surface area contributed by atoms with Gasteiger partial charge in [-0.2, -0.15) is 0 Å². The first kappa shape index (κ1) is 17.0. The number of hydrogen-bond donors (Lipinski definition) is 1. The molecular weight excluding hydrogens is 348 g/mol. The molecule has 1 aliphatic heterocycles. The number of fused-ring (bicyclic) bond motifs is 2. The third-order valence-corrected chi connectivity index (χ3v) is 5.90. The molecule has 0 atom stereocenters. The molecule has 1 amide bonds. The molecule has 2 aromatic heterocycles. The van der Waals surface area contributed by atoms with E-state index in [2.05, 4.69) is 59.8 Å². The second-order valence-electron chi connectivity index (χ2n) is 7.81. The molecule has 1 aliphatic rings. The van der Waals surface area contributed by atoms with E-state index >= 15 is 0 Å². The van der Waals surface area contributed by atoms with E-state index < -0.39 is 0 Å². The summed E-state index contributed by atoms with van der Waals surface area (Å²) in [5, 5.41) is 1.09. The number of amides is 1. The number of nitrogens with zero attached hydrogens (tertiary/aromatic N) is 3. The van der Waals surface area contributed by atoms with Crippen molar-refractivity contribution in [3.05, 3.63) is 65.6 Å². The van der Waals surface area contributed by atoms with Gasteiger partial charge in [0.15, 0.2) is 0 Å². The van der Waals surface area contributed by atoms with Crippen molar-refractivity contribution >= 4 is 27.8 Å². The Balaban J connectivity index is 1.34. The predicted molar refractivity (Wildman–Crippen MR) is 112 cm³/mol. The first-order valence-electron chi connectivity index (χ1n) is 9.92. The molecule has 142 valence electrons. The third-order valence-electron chi connectivity index (χ3n) is 5.90. The summed E-state index contributed by atoms with van der Waals surface area (Å²) < 4.78 is 2.35. The summed E-state index contributed by atoms with van der Waals surface area (Å²) in [5.41, 5.74) is 5.14. The number of carbonyl (C=O) groups excluding carboxylic acids is 1. The van der Waals surface area contributed by atoms with Crippen LogP contribution < -0.4 is 0 Å². The van der Waals surface area contributed by atoms with Crippen LogP contribution in [0.25, 0.3) is 21.9 Å². The molecule has 1 N–H and O–H groups in total. The fourth-order valence-corrected chi connectivity index (χ4v) is 4.48. The smallest absolute Gasteiger partial charge is 0.270 e. The Labute approximate surface area is 164 Å². The van der Waals surface area contributed by atoms with Crippen LogP contribution in [0.15, 0.2) is 48.5 Å². The van der Waals surface area contributed by atoms with Gasteiger partial charge in [-0.15, -0.1) is 0 Å². The number of likely N-dealkylation sites (tertiary alicyclic amines) is 1. The van der Waals surface area contributed by atoms with Crippen LogP contribution in [0.1, 0.15) is 40.8 Å². The summed E-state index contributed by atoms with van der Waals surface area (Å²) in [6, 6.07) is 16.9. The summed E-state index contributed by atoms with van der Waals surface area (Å²) in [7, 11) is 0. The minimum Gasteiger partial charge on any atom is -0.351 e. The van der Waals surface area contributed by atoms with Crippen LogP contribution in [0.5, 0.6) is 0 Å². The molecule has 0 radical (unpaired) electrons. The van der Waals surface area contributed by atoms with E-state index in [0.717, 1.165) is 48.2 Å². The van der Waals surface area contributed by atoms with Gasteiger partial charge in [0.25, 0.3) is 5.91 Å². The number of aromatic amines is 1. The highest BCUT2D eigenvalue weighted by Crippen LogP contribution is 2.29. The number of rotatable bonds is 2. The average molecular weight is 372 g/mol. The number of piperidine rings is 1. The van der Waals surface area contributed by atoms with E-state index in [4.69, 9.17) is 4.98 Å². The standard InChI is InChI=1S/C23H24N4O/c1-15-7-8-17-14-21(25-20(17)13-15)23(28)26-11-9-18(10-12-26)27-16(2)24-19-5-3-4-6-22(19)27/h3-8,13-14,18,25H,9-12H2,1-2H3. The molecule has 5 rings (SSSR count). The second kappa shape index (κ2) is 6.51. The van der Waals surface area contributed by atoms with Crippen molar-refractivity contribution in [3.8, 4) is 0 Å². The van der Waals surface area contributed by atoms with Crippen molar-refractivity contribution < 1.29 is 4.79 Å². The quantitative estimate of drug-likeness (QED) is 0.558. The lowest BCUT2D eigenvalue weighted by Crippen LogP contribution is -2.39. The number of para-hydroxylation sites is 2. The molecule has 3 heterocycles. The van der Waals surface area contributed by atoms with Gasteiger partial charge in [-0.3, -0.25) is 4.79 Å². The minimum absolute atomic E-state index is 0.0968. The van der Waals surface area contributed by atoms with Gasteiger partial charge in [-0.1, -0.05) is 24.3 Å². The van der Waals surface area contributed by atoms with E-state index in [1.807, 2.05) is 17.0 Å². The molecule has 0 unspecified atom stereocenters. The van der Waals surface area contributed by atoms with Crippen LogP contribution in [0, 0.1) is 13.8 Å². The molecule has 2 aromatic carbocycles. The Morgan fingerprint density at radius 1 is 1.07 bits per heavy atom.